The summed E-state index contributed by atoms with van der Waals surface area (Å²) < 4.78 is 0. The van der Waals surface area contributed by atoms with E-state index in [9.17, 15) is 0 Å². The van der Waals surface area contributed by atoms with Crippen molar-refractivity contribution < 1.29 is 0 Å². The molecule has 19 heavy (non-hydrogen) atoms. The van der Waals surface area contributed by atoms with Crippen molar-refractivity contribution in [3.8, 4) is 0 Å². The van der Waals surface area contributed by atoms with Crippen molar-refractivity contribution in [2.24, 2.45) is 5.84 Å². The molecule has 1 aromatic heterocycles. The lowest BCUT2D eigenvalue weighted by Gasteiger charge is -2.15. The summed E-state index contributed by atoms with van der Waals surface area (Å²) in [7, 11) is 0. The smallest absolute Gasteiger partial charge is 0.0608 e. The standard InChI is InChI=1S/C15H19ClN2S/c1-10(2)12-5-3-11(4-6-12)9-14(18-17)15-13(16)7-8-19-15/h3-8,10,14,18H,9,17H2,1-2H3. The summed E-state index contributed by atoms with van der Waals surface area (Å²) >= 11 is 7.80. The minimum Gasteiger partial charge on any atom is -0.271 e. The molecule has 2 rings (SSSR count). The molecule has 0 bridgehead atoms. The number of benzene rings is 1. The summed E-state index contributed by atoms with van der Waals surface area (Å²) in [5.41, 5.74) is 5.47. The highest BCUT2D eigenvalue weighted by Crippen LogP contribution is 2.30. The molecule has 4 heteroatoms. The molecule has 2 nitrogen and oxygen atoms in total. The van der Waals surface area contributed by atoms with Crippen LogP contribution in [0.1, 0.15) is 41.8 Å². The van der Waals surface area contributed by atoms with Crippen LogP contribution in [0.25, 0.3) is 0 Å². The lowest BCUT2D eigenvalue weighted by Crippen LogP contribution is -2.29. The van der Waals surface area contributed by atoms with Crippen molar-refractivity contribution in [1.82, 2.24) is 5.43 Å². The molecule has 3 N–H and O–H groups in total. The fraction of sp³-hybridized carbons (Fsp3) is 0.333. The molecule has 1 unspecified atom stereocenters. The highest BCUT2D eigenvalue weighted by Gasteiger charge is 2.15. The van der Waals surface area contributed by atoms with Gasteiger partial charge in [-0.15, -0.1) is 11.3 Å². The van der Waals surface area contributed by atoms with Crippen LogP contribution in [-0.4, -0.2) is 0 Å². The first-order chi connectivity index (χ1) is 9.11. The molecule has 0 spiro atoms. The zero-order chi connectivity index (χ0) is 13.8. The first kappa shape index (κ1) is 14.5. The monoisotopic (exact) mass is 294 g/mol. The van der Waals surface area contributed by atoms with Gasteiger partial charge in [0.1, 0.15) is 0 Å². The Hall–Kier alpha value is -0.870. The van der Waals surface area contributed by atoms with Gasteiger partial charge in [0.05, 0.1) is 11.1 Å². The van der Waals surface area contributed by atoms with Gasteiger partial charge in [-0.1, -0.05) is 49.7 Å². The lowest BCUT2D eigenvalue weighted by atomic mass is 9.99. The van der Waals surface area contributed by atoms with Crippen LogP contribution in [0.15, 0.2) is 35.7 Å². The van der Waals surface area contributed by atoms with Gasteiger partial charge in [0.2, 0.25) is 0 Å². The molecule has 1 aromatic carbocycles. The summed E-state index contributed by atoms with van der Waals surface area (Å²) in [6.07, 6.45) is 0.842. The average Bonchev–Trinajstić information content (AvgIpc) is 2.83. The number of hydrogen-bond donors (Lipinski definition) is 2. The van der Waals surface area contributed by atoms with Crippen molar-refractivity contribution in [2.45, 2.75) is 32.2 Å². The van der Waals surface area contributed by atoms with E-state index in [-0.39, 0.29) is 6.04 Å². The van der Waals surface area contributed by atoms with Gasteiger partial charge in [-0.05, 0) is 34.9 Å². The fourth-order valence-corrected chi connectivity index (χ4v) is 3.31. The Balaban J connectivity index is 2.13. The second-order valence-electron chi connectivity index (χ2n) is 4.95. The molecule has 0 amide bonds. The van der Waals surface area contributed by atoms with Crippen LogP contribution in [0, 0.1) is 0 Å². The van der Waals surface area contributed by atoms with Gasteiger partial charge in [0.25, 0.3) is 0 Å². The molecule has 0 aliphatic rings. The Kier molecular flexibility index (Phi) is 4.99. The van der Waals surface area contributed by atoms with Gasteiger partial charge in [-0.3, -0.25) is 11.3 Å². The summed E-state index contributed by atoms with van der Waals surface area (Å²) in [6.45, 7) is 4.40. The summed E-state index contributed by atoms with van der Waals surface area (Å²) in [5.74, 6) is 6.22. The highest BCUT2D eigenvalue weighted by molar-refractivity contribution is 7.10. The molecular formula is C15H19ClN2S. The van der Waals surface area contributed by atoms with Gasteiger partial charge in [-0.25, -0.2) is 0 Å². The first-order valence-corrected chi connectivity index (χ1v) is 7.65. The van der Waals surface area contributed by atoms with Crippen LogP contribution in [0.4, 0.5) is 0 Å². The Bertz CT molecular complexity index is 519. The van der Waals surface area contributed by atoms with E-state index >= 15 is 0 Å². The maximum Gasteiger partial charge on any atom is 0.0608 e. The van der Waals surface area contributed by atoms with E-state index < -0.39 is 0 Å². The van der Waals surface area contributed by atoms with E-state index in [0.717, 1.165) is 16.3 Å². The van der Waals surface area contributed by atoms with E-state index in [1.54, 1.807) is 11.3 Å². The number of nitrogens with two attached hydrogens (primary N) is 1. The van der Waals surface area contributed by atoms with Crippen LogP contribution in [0.2, 0.25) is 5.02 Å². The molecule has 1 atom stereocenters. The van der Waals surface area contributed by atoms with Crippen LogP contribution in [0.3, 0.4) is 0 Å². The van der Waals surface area contributed by atoms with Crippen molar-refractivity contribution in [1.29, 1.82) is 0 Å². The van der Waals surface area contributed by atoms with Crippen LogP contribution < -0.4 is 11.3 Å². The largest absolute Gasteiger partial charge is 0.271 e. The number of thiophene rings is 1. The third kappa shape index (κ3) is 3.57. The fourth-order valence-electron chi connectivity index (χ4n) is 2.06. The van der Waals surface area contributed by atoms with Crippen molar-refractivity contribution in [2.75, 3.05) is 0 Å². The van der Waals surface area contributed by atoms with E-state index in [1.807, 2.05) is 11.4 Å². The molecule has 2 aromatic rings. The van der Waals surface area contributed by atoms with Crippen LogP contribution in [0.5, 0.6) is 0 Å². The lowest BCUT2D eigenvalue weighted by molar-refractivity contribution is 0.560. The minimum atomic E-state index is 0.0670. The summed E-state index contributed by atoms with van der Waals surface area (Å²) in [6, 6.07) is 10.7. The molecule has 102 valence electrons. The maximum absolute atomic E-state index is 6.16. The molecule has 0 radical (unpaired) electrons. The first-order valence-electron chi connectivity index (χ1n) is 6.39. The zero-order valence-electron chi connectivity index (χ0n) is 11.2. The summed E-state index contributed by atoms with van der Waals surface area (Å²) in [4.78, 5) is 1.09. The van der Waals surface area contributed by atoms with Gasteiger partial charge in [0.15, 0.2) is 0 Å². The van der Waals surface area contributed by atoms with Gasteiger partial charge in [-0.2, -0.15) is 0 Å². The third-order valence-electron chi connectivity index (χ3n) is 3.25. The zero-order valence-corrected chi connectivity index (χ0v) is 12.8. The molecule has 0 aliphatic carbocycles. The minimum absolute atomic E-state index is 0.0670. The van der Waals surface area contributed by atoms with Gasteiger partial charge >= 0.3 is 0 Å². The molecule has 0 fully saturated rings. The van der Waals surface area contributed by atoms with Gasteiger partial charge in [0, 0.05) is 4.88 Å². The molecule has 0 saturated carbocycles. The normalized spacial score (nSPS) is 12.9. The maximum atomic E-state index is 6.16. The van der Waals surface area contributed by atoms with Crippen molar-refractivity contribution in [3.63, 3.8) is 0 Å². The second kappa shape index (κ2) is 6.53. The van der Waals surface area contributed by atoms with Crippen molar-refractivity contribution >= 4 is 22.9 Å². The van der Waals surface area contributed by atoms with E-state index in [1.165, 1.54) is 11.1 Å². The van der Waals surface area contributed by atoms with Crippen LogP contribution >= 0.6 is 22.9 Å². The highest BCUT2D eigenvalue weighted by atomic mass is 35.5. The number of nitrogens with one attached hydrogen (secondary N) is 1. The number of hydrogen-bond acceptors (Lipinski definition) is 3. The predicted octanol–water partition coefficient (Wildman–Crippen LogP) is 4.27. The Labute approximate surface area is 123 Å². The van der Waals surface area contributed by atoms with Gasteiger partial charge < -0.3 is 0 Å². The Morgan fingerprint density at radius 3 is 2.37 bits per heavy atom. The average molecular weight is 295 g/mol. The SMILES string of the molecule is CC(C)c1ccc(CC(NN)c2sccc2Cl)cc1. The molecule has 0 aliphatic heterocycles. The topological polar surface area (TPSA) is 38.0 Å². The Morgan fingerprint density at radius 1 is 1.21 bits per heavy atom. The number of halogens is 1. The van der Waals surface area contributed by atoms with Crippen molar-refractivity contribution in [3.05, 3.63) is 56.7 Å². The van der Waals surface area contributed by atoms with Crippen LogP contribution in [-0.2, 0) is 6.42 Å². The number of hydrazine groups is 1. The number of rotatable bonds is 5. The molecular weight excluding hydrogens is 276 g/mol. The summed E-state index contributed by atoms with van der Waals surface area (Å²) in [5, 5.41) is 2.77. The van der Waals surface area contributed by atoms with E-state index in [4.69, 9.17) is 17.4 Å². The molecule has 0 saturated heterocycles. The molecule has 1 heterocycles. The Morgan fingerprint density at radius 2 is 1.89 bits per heavy atom. The van der Waals surface area contributed by atoms with E-state index in [2.05, 4.69) is 43.5 Å². The quantitative estimate of drug-likeness (QED) is 0.638. The van der Waals surface area contributed by atoms with E-state index in [0.29, 0.717) is 5.92 Å². The predicted molar refractivity (Wildman–Crippen MR) is 83.6 cm³/mol. The second-order valence-corrected chi connectivity index (χ2v) is 6.31. The third-order valence-corrected chi connectivity index (χ3v) is 4.72.